The van der Waals surface area contributed by atoms with Crippen molar-refractivity contribution in [1.82, 2.24) is 10.2 Å². The van der Waals surface area contributed by atoms with Gasteiger partial charge in [0.15, 0.2) is 0 Å². The number of nitrogens with one attached hydrogen (secondary N) is 1. The number of hydrogen-bond donors (Lipinski definition) is 1. The van der Waals surface area contributed by atoms with Gasteiger partial charge in [-0.25, -0.2) is 0 Å². The summed E-state index contributed by atoms with van der Waals surface area (Å²) in [6, 6.07) is 16.7. The Labute approximate surface area is 231 Å². The molecule has 203 valence electrons. The molecule has 1 spiro atoms. The molecule has 1 heterocycles. The number of rotatable bonds is 8. The van der Waals surface area contributed by atoms with Crippen LogP contribution in [0.4, 0.5) is 0 Å². The van der Waals surface area contributed by atoms with Crippen LogP contribution in [0.5, 0.6) is 0 Å². The predicted octanol–water partition coefficient (Wildman–Crippen LogP) is 4.94. The van der Waals surface area contributed by atoms with E-state index in [2.05, 4.69) is 36.0 Å². The fourth-order valence-corrected chi connectivity index (χ4v) is 5.78. The first kappa shape index (κ1) is 28.4. The zero-order chi connectivity index (χ0) is 28.2. The average molecular weight is 527 g/mol. The van der Waals surface area contributed by atoms with E-state index in [-0.39, 0.29) is 36.2 Å². The minimum absolute atomic E-state index is 0.0411. The third kappa shape index (κ3) is 6.18. The fourth-order valence-electron chi connectivity index (χ4n) is 5.78. The number of hydrogen-bond acceptors (Lipinski definition) is 6. The van der Waals surface area contributed by atoms with Gasteiger partial charge in [-0.2, -0.15) is 0 Å². The van der Waals surface area contributed by atoms with Crippen LogP contribution in [-0.2, 0) is 14.4 Å². The summed E-state index contributed by atoms with van der Waals surface area (Å²) >= 11 is 0. The molecule has 2 aromatic rings. The van der Waals surface area contributed by atoms with E-state index in [0.717, 1.165) is 36.8 Å². The zero-order valence-electron chi connectivity index (χ0n) is 23.1. The van der Waals surface area contributed by atoms with E-state index in [4.69, 9.17) is 12.6 Å². The summed E-state index contributed by atoms with van der Waals surface area (Å²) in [4.78, 5) is 49.3. The summed E-state index contributed by atoms with van der Waals surface area (Å²) in [5, 5.41) is 5.51. The molecule has 1 saturated carbocycles. The van der Waals surface area contributed by atoms with E-state index in [9.17, 15) is 14.4 Å². The molecule has 1 N–H and O–H groups in total. The first-order chi connectivity index (χ1) is 18.6. The second-order valence-corrected chi connectivity index (χ2v) is 11.5. The van der Waals surface area contributed by atoms with Crippen molar-refractivity contribution < 1.29 is 19.2 Å². The van der Waals surface area contributed by atoms with Gasteiger partial charge >= 0.3 is 98.7 Å². The van der Waals surface area contributed by atoms with Crippen molar-refractivity contribution in [2.75, 3.05) is 6.54 Å². The summed E-state index contributed by atoms with van der Waals surface area (Å²) in [7, 11) is 4.81. The normalized spacial score (nSPS) is 21.8. The van der Waals surface area contributed by atoms with Gasteiger partial charge in [-0.05, 0) is 43.9 Å². The molecule has 2 amide bonds. The summed E-state index contributed by atoms with van der Waals surface area (Å²) in [6.45, 7) is 8.99. The van der Waals surface area contributed by atoms with Gasteiger partial charge in [-0.15, -0.1) is 0 Å². The molecule has 1 atom stereocenters. The molecule has 0 bridgehead atoms. The van der Waals surface area contributed by atoms with Gasteiger partial charge in [0.25, 0.3) is 5.91 Å². The van der Waals surface area contributed by atoms with Gasteiger partial charge in [0, 0.05) is 5.56 Å². The molecule has 0 aromatic heterocycles. The molecule has 2 aromatic carbocycles. The van der Waals surface area contributed by atoms with Crippen LogP contribution in [0.2, 0.25) is 0 Å². The second kappa shape index (κ2) is 11.6. The number of nitrogens with zero attached hydrogens (tertiary/aromatic N) is 3. The standard InChI is InChI=1S/C30H36BN4O4/c1-20(21-10-12-23(13-11-21)27(37)32-19-16-25(36)39-34-31)35-28(38)26(22-8-6-5-7-9-22)33-30(35)17-14-24(15-18-30)29(2,3)4/h5-13,20,24H,14-19H2,1-4H3,(H,32,37)/t20-,24?,30?/m1/s1. The van der Waals surface area contributed by atoms with Crippen molar-refractivity contribution in [2.45, 2.75) is 71.5 Å². The summed E-state index contributed by atoms with van der Waals surface area (Å²) in [6.07, 6.45) is 3.62. The van der Waals surface area contributed by atoms with Crippen LogP contribution in [0.1, 0.15) is 87.3 Å². The molecular formula is C30H36BN4O4. The Morgan fingerprint density at radius 3 is 2.36 bits per heavy atom. The molecule has 4 rings (SSSR count). The number of carbonyl (C=O) groups excluding carboxylic acids is 3. The Bertz CT molecular complexity index is 1250. The van der Waals surface area contributed by atoms with E-state index in [1.807, 2.05) is 54.3 Å². The SMILES string of the molecule is [B]=NOC(=O)CCNC(=O)c1ccc([C@@H](C)N2C(=O)C(c3ccccc3)=NC23CCC(C(C)(C)C)CC3)cc1. The van der Waals surface area contributed by atoms with Crippen molar-refractivity contribution in [3.63, 3.8) is 0 Å². The number of carbonyl (C=O) groups is 3. The molecule has 1 aliphatic carbocycles. The van der Waals surface area contributed by atoms with Crippen molar-refractivity contribution >= 4 is 31.1 Å². The third-order valence-corrected chi connectivity index (χ3v) is 8.06. The Hall–Kier alpha value is -3.62. The van der Waals surface area contributed by atoms with Gasteiger partial charge in [0.1, 0.15) is 11.4 Å². The van der Waals surface area contributed by atoms with Gasteiger partial charge in [0.05, 0.1) is 0 Å². The van der Waals surface area contributed by atoms with Crippen LogP contribution in [0, 0.1) is 11.3 Å². The van der Waals surface area contributed by atoms with Crippen molar-refractivity contribution in [2.24, 2.45) is 21.4 Å². The second-order valence-electron chi connectivity index (χ2n) is 11.5. The topological polar surface area (TPSA) is 100 Å². The Kier molecular flexibility index (Phi) is 8.47. The fraction of sp³-hybridized carbons (Fsp3) is 0.467. The Balaban J connectivity index is 1.54. The predicted molar refractivity (Wildman–Crippen MR) is 150 cm³/mol. The molecule has 0 saturated heterocycles. The van der Waals surface area contributed by atoms with E-state index in [1.54, 1.807) is 12.1 Å². The summed E-state index contributed by atoms with van der Waals surface area (Å²) < 4.78 is 0. The van der Waals surface area contributed by atoms with Crippen LogP contribution in [0.3, 0.4) is 0 Å². The maximum absolute atomic E-state index is 13.9. The summed E-state index contributed by atoms with van der Waals surface area (Å²) in [5.74, 6) is -0.410. The number of benzene rings is 2. The average Bonchev–Trinajstić information content (AvgIpc) is 3.19. The van der Waals surface area contributed by atoms with Gasteiger partial charge < -0.3 is 4.90 Å². The molecule has 2 aliphatic rings. The van der Waals surface area contributed by atoms with E-state index >= 15 is 0 Å². The van der Waals surface area contributed by atoms with Gasteiger partial charge in [0.2, 0.25) is 0 Å². The van der Waals surface area contributed by atoms with Crippen LogP contribution >= 0.6 is 0 Å². The van der Waals surface area contributed by atoms with Crippen LogP contribution in [-0.4, -0.2) is 48.2 Å². The maximum atomic E-state index is 13.9. The van der Waals surface area contributed by atoms with Gasteiger partial charge in [-0.1, -0.05) is 51.1 Å². The monoisotopic (exact) mass is 527 g/mol. The number of amides is 2. The van der Waals surface area contributed by atoms with Crippen LogP contribution in [0.15, 0.2) is 64.6 Å². The van der Waals surface area contributed by atoms with Crippen LogP contribution in [0.25, 0.3) is 0 Å². The first-order valence-corrected chi connectivity index (χ1v) is 13.5. The molecule has 8 nitrogen and oxygen atoms in total. The molecule has 1 fully saturated rings. The zero-order valence-corrected chi connectivity index (χ0v) is 23.1. The Morgan fingerprint density at radius 2 is 1.77 bits per heavy atom. The van der Waals surface area contributed by atoms with Crippen LogP contribution < -0.4 is 5.32 Å². The molecular weight excluding hydrogens is 491 g/mol. The molecule has 0 unspecified atom stereocenters. The molecule has 9 heteroatoms. The minimum atomic E-state index is -0.625. The third-order valence-electron chi connectivity index (χ3n) is 8.06. The number of aliphatic imine (C=N–C) groups is 1. The molecule has 39 heavy (non-hydrogen) atoms. The van der Waals surface area contributed by atoms with Crippen molar-refractivity contribution in [1.29, 1.82) is 0 Å². The Morgan fingerprint density at radius 1 is 1.13 bits per heavy atom. The van der Waals surface area contributed by atoms with E-state index in [0.29, 0.717) is 17.2 Å². The van der Waals surface area contributed by atoms with Gasteiger partial charge in [-0.3, -0.25) is 9.79 Å². The van der Waals surface area contributed by atoms with E-state index < -0.39 is 11.6 Å². The molecule has 1 radical (unpaired) electrons. The molecule has 1 aliphatic heterocycles. The summed E-state index contributed by atoms with van der Waals surface area (Å²) in [5.41, 5.74) is 2.37. The van der Waals surface area contributed by atoms with Crippen molar-refractivity contribution in [3.05, 3.63) is 71.3 Å². The van der Waals surface area contributed by atoms with Crippen molar-refractivity contribution in [3.8, 4) is 0 Å². The first-order valence-electron chi connectivity index (χ1n) is 13.5. The quantitative estimate of drug-likeness (QED) is 0.388. The van der Waals surface area contributed by atoms with E-state index in [1.165, 1.54) is 0 Å².